The van der Waals surface area contributed by atoms with E-state index in [9.17, 15) is 24.1 Å². The van der Waals surface area contributed by atoms with Crippen LogP contribution in [0, 0.1) is 17.8 Å². The van der Waals surface area contributed by atoms with Crippen molar-refractivity contribution in [1.29, 1.82) is 0 Å². The average molecular weight is 732 g/mol. The Morgan fingerprint density at radius 3 is 2.24 bits per heavy atom. The molecular formula is C30H49CsNO9P. The molecule has 2 aliphatic rings. The molecule has 1 aromatic carbocycles. The van der Waals surface area contributed by atoms with E-state index in [0.29, 0.717) is 25.3 Å². The van der Waals surface area contributed by atoms with Crippen LogP contribution in [0.15, 0.2) is 30.3 Å². The number of aryl methyl sites for hydroxylation is 1. The number of nitrogens with zero attached hydrogens (tertiary/aromatic N) is 1. The maximum absolute atomic E-state index is 14.2. The summed E-state index contributed by atoms with van der Waals surface area (Å²) in [7, 11) is -3.62. The van der Waals surface area contributed by atoms with Crippen LogP contribution in [-0.4, -0.2) is 64.9 Å². The second-order valence-electron chi connectivity index (χ2n) is 11.5. The second kappa shape index (κ2) is 20.8. The Kier molecular flexibility index (Phi) is 20.6. The molecule has 42 heavy (non-hydrogen) atoms. The number of aliphatic carboxylic acids is 1. The van der Waals surface area contributed by atoms with Crippen LogP contribution in [0.1, 0.15) is 84.1 Å². The van der Waals surface area contributed by atoms with Crippen molar-refractivity contribution in [3.63, 3.8) is 0 Å². The predicted molar refractivity (Wildman–Crippen MR) is 155 cm³/mol. The number of unbranched alkanes of at least 4 members (excludes halogenated alkanes) is 1. The zero-order valence-electron chi connectivity index (χ0n) is 25.7. The van der Waals surface area contributed by atoms with Crippen LogP contribution in [0.3, 0.4) is 0 Å². The molecule has 1 aliphatic heterocycles. The van der Waals surface area contributed by atoms with Crippen molar-refractivity contribution in [3.8, 4) is 0 Å². The van der Waals surface area contributed by atoms with E-state index in [2.05, 4.69) is 0 Å². The summed E-state index contributed by atoms with van der Waals surface area (Å²) in [5.41, 5.74) is 1.17. The van der Waals surface area contributed by atoms with Crippen LogP contribution >= 0.6 is 7.37 Å². The summed E-state index contributed by atoms with van der Waals surface area (Å²) in [6, 6.07) is 8.96. The SMILES string of the molecule is CCC(=O)OC(OP(=O)(CCCCc1ccccc1)CC(=O)N1C[C@H](C2CCCCC2)C[C@H]1C(=O)[O-])C(C)C.O.O.[Cs+]. The number of carboxylic acid groups (broad SMARTS) is 1. The fraction of sp³-hybridized carbons (Fsp3) is 0.700. The van der Waals surface area contributed by atoms with Gasteiger partial charge in [0.25, 0.3) is 0 Å². The van der Waals surface area contributed by atoms with Crippen LogP contribution in [0.4, 0.5) is 0 Å². The number of benzene rings is 1. The first-order valence-corrected chi connectivity index (χ1v) is 16.6. The Morgan fingerprint density at radius 2 is 1.67 bits per heavy atom. The molecule has 3 rings (SSSR count). The van der Waals surface area contributed by atoms with Gasteiger partial charge in [0.2, 0.25) is 19.6 Å². The van der Waals surface area contributed by atoms with E-state index in [0.717, 1.165) is 38.5 Å². The van der Waals surface area contributed by atoms with Crippen molar-refractivity contribution in [2.45, 2.75) is 97.3 Å². The monoisotopic (exact) mass is 731 g/mol. The van der Waals surface area contributed by atoms with E-state index in [1.54, 1.807) is 20.8 Å². The molecule has 1 amide bonds. The molecule has 1 heterocycles. The Bertz CT molecular complexity index is 1000. The van der Waals surface area contributed by atoms with Crippen LogP contribution in [0.2, 0.25) is 0 Å². The number of hydrogen-bond acceptors (Lipinski definition) is 7. The summed E-state index contributed by atoms with van der Waals surface area (Å²) in [5, 5.41) is 12.0. The fourth-order valence-electron chi connectivity index (χ4n) is 5.79. The average Bonchev–Trinajstić information content (AvgIpc) is 3.38. The molecule has 0 spiro atoms. The predicted octanol–water partition coefficient (Wildman–Crippen LogP) is 0.141. The second-order valence-corrected chi connectivity index (χ2v) is 14.1. The third-order valence-electron chi connectivity index (χ3n) is 8.05. The molecule has 0 aromatic heterocycles. The van der Waals surface area contributed by atoms with E-state index >= 15 is 0 Å². The van der Waals surface area contributed by atoms with Gasteiger partial charge in [-0.05, 0) is 43.1 Å². The van der Waals surface area contributed by atoms with Gasteiger partial charge in [0, 0.05) is 25.0 Å². The summed E-state index contributed by atoms with van der Waals surface area (Å²) >= 11 is 0. The first-order chi connectivity index (χ1) is 18.6. The molecule has 1 aliphatic carbocycles. The molecule has 1 saturated carbocycles. The topological polar surface area (TPSA) is 176 Å². The smallest absolute Gasteiger partial charge is 0.548 e. The van der Waals surface area contributed by atoms with Crippen molar-refractivity contribution >= 4 is 25.2 Å². The molecule has 0 radical (unpaired) electrons. The van der Waals surface area contributed by atoms with Gasteiger partial charge in [0.1, 0.15) is 6.16 Å². The molecule has 2 unspecified atom stereocenters. The molecule has 0 bridgehead atoms. The third kappa shape index (κ3) is 13.0. The van der Waals surface area contributed by atoms with Gasteiger partial charge >= 0.3 is 74.9 Å². The Labute approximate surface area is 309 Å². The van der Waals surface area contributed by atoms with Gasteiger partial charge in [0.05, 0.1) is 12.0 Å². The largest absolute Gasteiger partial charge is 1.00 e. The molecule has 4 N–H and O–H groups in total. The minimum Gasteiger partial charge on any atom is -0.548 e. The molecule has 1 aromatic rings. The molecular weight excluding hydrogens is 682 g/mol. The number of ether oxygens (including phenoxy) is 1. The Balaban J connectivity index is 0.00000560. The third-order valence-corrected chi connectivity index (χ3v) is 10.4. The Hall–Kier alpha value is -0.208. The van der Waals surface area contributed by atoms with Crippen LogP contribution in [0.25, 0.3) is 0 Å². The number of hydrogen-bond donors (Lipinski definition) is 0. The quantitative estimate of drug-likeness (QED) is 0.113. The van der Waals surface area contributed by atoms with E-state index in [4.69, 9.17) is 9.26 Å². The summed E-state index contributed by atoms with van der Waals surface area (Å²) < 4.78 is 25.6. The summed E-state index contributed by atoms with van der Waals surface area (Å²) in [6.07, 6.45) is 6.88. The van der Waals surface area contributed by atoms with Gasteiger partial charge in [-0.1, -0.05) is 83.2 Å². The van der Waals surface area contributed by atoms with Crippen molar-refractivity contribution in [1.82, 2.24) is 4.90 Å². The maximum Gasteiger partial charge on any atom is 1.00 e. The first-order valence-electron chi connectivity index (χ1n) is 14.6. The van der Waals surface area contributed by atoms with Crippen molar-refractivity contribution < 1.29 is 113 Å². The van der Waals surface area contributed by atoms with Gasteiger partial charge in [-0.3, -0.25) is 18.7 Å². The molecule has 4 atom stereocenters. The fourth-order valence-corrected chi connectivity index (χ4v) is 8.09. The van der Waals surface area contributed by atoms with Gasteiger partial charge in [-0.15, -0.1) is 0 Å². The number of amides is 1. The molecule has 234 valence electrons. The van der Waals surface area contributed by atoms with E-state index in [-0.39, 0.29) is 104 Å². The molecule has 12 heteroatoms. The van der Waals surface area contributed by atoms with Crippen molar-refractivity contribution in [2.75, 3.05) is 18.9 Å². The number of rotatable bonds is 14. The van der Waals surface area contributed by atoms with E-state index in [1.165, 1.54) is 16.9 Å². The van der Waals surface area contributed by atoms with Crippen LogP contribution in [-0.2, 0) is 34.6 Å². The van der Waals surface area contributed by atoms with Gasteiger partial charge in [0.15, 0.2) is 0 Å². The van der Waals surface area contributed by atoms with Crippen LogP contribution < -0.4 is 74.0 Å². The first kappa shape index (κ1) is 41.8. The number of carboxylic acids is 1. The number of esters is 1. The van der Waals surface area contributed by atoms with E-state index < -0.39 is 43.7 Å². The number of carbonyl (C=O) groups excluding carboxylic acids is 3. The van der Waals surface area contributed by atoms with E-state index in [1.807, 2.05) is 30.3 Å². The van der Waals surface area contributed by atoms with Gasteiger partial charge in [-0.2, -0.15) is 0 Å². The zero-order chi connectivity index (χ0) is 28.4. The van der Waals surface area contributed by atoms with Gasteiger partial charge in [-0.25, -0.2) is 0 Å². The standard InChI is InChI=1S/C30H46NO7P.Cs.2H2O/c1-4-28(33)37-30(22(2)3)38-39(36,18-12-11-15-23-13-7-5-8-14-23)21-27(32)31-20-25(19-26(31)29(34)35)24-16-9-6-10-17-24;;;/h5,7-8,13-14,22,24-26,30H,4,6,9-12,15-21H2,1-3H3,(H,34,35);;2*1H2/q;+1;;/p-1/t25-,26+,30?,39?;;;/m1.../s1. The number of likely N-dealkylation sites (tertiary alicyclic amines) is 1. The summed E-state index contributed by atoms with van der Waals surface area (Å²) in [5.74, 6) is -1.99. The minimum atomic E-state index is -3.62. The Morgan fingerprint density at radius 1 is 1.02 bits per heavy atom. The van der Waals surface area contributed by atoms with Gasteiger partial charge < -0.3 is 30.5 Å². The summed E-state index contributed by atoms with van der Waals surface area (Å²) in [6.45, 7) is 5.62. The zero-order valence-corrected chi connectivity index (χ0v) is 32.9. The molecule has 2 fully saturated rings. The minimum absolute atomic E-state index is 0. The number of carbonyl (C=O) groups is 3. The normalized spacial score (nSPS) is 20.8. The van der Waals surface area contributed by atoms with Crippen molar-refractivity contribution in [2.24, 2.45) is 17.8 Å². The van der Waals surface area contributed by atoms with Crippen molar-refractivity contribution in [3.05, 3.63) is 35.9 Å². The molecule has 10 nitrogen and oxygen atoms in total. The molecule has 1 saturated heterocycles. The maximum atomic E-state index is 14.2. The van der Waals surface area contributed by atoms with Crippen LogP contribution in [0.5, 0.6) is 0 Å². The summed E-state index contributed by atoms with van der Waals surface area (Å²) in [4.78, 5) is 39.0.